The fraction of sp³-hybridized carbons (Fsp3) is 0. The van der Waals surface area contributed by atoms with Crippen molar-refractivity contribution >= 4 is 35.4 Å². The van der Waals surface area contributed by atoms with Gasteiger partial charge in [-0.3, -0.25) is 0 Å². The molecule has 7 nitrogen and oxygen atoms in total. The molecule has 0 amide bonds. The first-order valence-electron chi connectivity index (χ1n) is 1.30. The number of hydrogen-bond donors (Lipinski definition) is 5. The minimum absolute atomic E-state index is 0. The van der Waals surface area contributed by atoms with Crippen LogP contribution in [0.25, 0.3) is 0 Å². The van der Waals surface area contributed by atoms with Gasteiger partial charge in [0.15, 0.2) is 0 Å². The van der Waals surface area contributed by atoms with Crippen LogP contribution in [0.1, 0.15) is 0 Å². The van der Waals surface area contributed by atoms with Gasteiger partial charge in [-0.1, -0.05) is 0 Å². The second-order valence-corrected chi connectivity index (χ2v) is 0.565. The lowest BCUT2D eigenvalue weighted by Crippen LogP contribution is -1.81. The Labute approximate surface area is 72.0 Å². The Kier molecular flexibility index (Phi) is 35.9. The summed E-state index contributed by atoms with van der Waals surface area (Å²) in [6.07, 6.45) is -3.67. The van der Waals surface area contributed by atoms with E-state index in [2.05, 4.69) is 0 Å². The van der Waals surface area contributed by atoms with Crippen molar-refractivity contribution in [1.29, 1.82) is 0 Å². The molecule has 0 aliphatic heterocycles. The lowest BCUT2D eigenvalue weighted by atomic mass is 11.5. The largest absolute Gasteiger partial charge is 0.503 e. The molecule has 7 N–H and O–H groups in total. The van der Waals surface area contributed by atoms with Crippen molar-refractivity contribution < 1.29 is 30.0 Å². The normalized spacial score (nSPS) is 4.80. The molecule has 0 aromatic heterocycles. The van der Waals surface area contributed by atoms with Gasteiger partial charge in [0.05, 0.1) is 0 Å². The summed E-state index contributed by atoms with van der Waals surface area (Å²) in [5.74, 6) is 0. The summed E-state index contributed by atoms with van der Waals surface area (Å²) in [7, 11) is 0. The molecule has 0 fully saturated rings. The third kappa shape index (κ3) is 530. The van der Waals surface area contributed by atoms with Gasteiger partial charge in [0.25, 0.3) is 0 Å². The third-order valence-electron chi connectivity index (χ3n) is 0. The molecular weight excluding hydrogens is 158 g/mol. The van der Waals surface area contributed by atoms with E-state index in [0.717, 1.165) is 0 Å². The molecule has 10 heavy (non-hydrogen) atoms. The van der Waals surface area contributed by atoms with Crippen molar-refractivity contribution in [2.45, 2.75) is 0 Å². The van der Waals surface area contributed by atoms with Crippen LogP contribution in [0.4, 0.5) is 9.59 Å². The maximum Gasteiger partial charge on any atom is 0.503 e. The summed E-state index contributed by atoms with van der Waals surface area (Å²) in [6.45, 7) is 0. The van der Waals surface area contributed by atoms with E-state index in [1.54, 1.807) is 0 Å². The van der Waals surface area contributed by atoms with Crippen LogP contribution in [0, 0.1) is 0 Å². The Bertz CT molecular complexity index is 73.7. The quantitative estimate of drug-likeness (QED) is 0.310. The predicted octanol–water partition coefficient (Wildman–Crippen LogP) is -0.309. The Morgan fingerprint density at radius 3 is 0.800 bits per heavy atom. The second kappa shape index (κ2) is 15.7. The predicted molar refractivity (Wildman–Crippen MR) is 34.9 cm³/mol. The first-order chi connectivity index (χ1) is 3.46. The van der Waals surface area contributed by atoms with E-state index in [1.165, 1.54) is 0 Å². The lowest BCUT2D eigenvalue weighted by Gasteiger charge is -1.60. The van der Waals surface area contributed by atoms with Gasteiger partial charge < -0.3 is 26.6 Å². The molecule has 60 valence electrons. The maximum atomic E-state index is 8.56. The lowest BCUT2D eigenvalue weighted by molar-refractivity contribution is 0.135. The molecule has 0 rings (SSSR count). The zero-order valence-corrected chi connectivity index (χ0v) is 4.31. The van der Waals surface area contributed by atoms with E-state index < -0.39 is 12.3 Å². The minimum Gasteiger partial charge on any atom is -0.450 e. The number of carbonyl (C=O) groups is 2. The fourth-order valence-corrected chi connectivity index (χ4v) is 0. The van der Waals surface area contributed by atoms with Crippen molar-refractivity contribution in [2.24, 2.45) is 0 Å². The summed E-state index contributed by atoms with van der Waals surface area (Å²) in [5.41, 5.74) is 0. The molecule has 0 bridgehead atoms. The Hall–Kier alpha value is -0.734. The van der Waals surface area contributed by atoms with Crippen LogP contribution in [0.2, 0.25) is 0 Å². The molecule has 0 unspecified atom stereocenters. The maximum absolute atomic E-state index is 8.56. The molecule has 0 spiro atoms. The van der Waals surface area contributed by atoms with Gasteiger partial charge in [-0.15, -0.1) is 0 Å². The molecule has 0 aromatic rings. The smallest absolute Gasteiger partial charge is 0.450 e. The molecule has 0 aliphatic rings. The van der Waals surface area contributed by atoms with Crippen LogP contribution in [-0.4, -0.2) is 55.8 Å². The molecule has 8 heteroatoms. The van der Waals surface area contributed by atoms with Crippen LogP contribution in [0.3, 0.4) is 0 Å². The van der Waals surface area contributed by atoms with E-state index in [4.69, 9.17) is 30.0 Å². The van der Waals surface area contributed by atoms with Crippen molar-refractivity contribution in [1.82, 2.24) is 6.15 Å². The van der Waals surface area contributed by atoms with Crippen LogP contribution in [0.5, 0.6) is 0 Å². The van der Waals surface area contributed by atoms with Crippen molar-refractivity contribution in [2.75, 3.05) is 0 Å². The third-order valence-corrected chi connectivity index (χ3v) is 0. The van der Waals surface area contributed by atoms with Gasteiger partial charge in [0.2, 0.25) is 0 Å². The molecular formula is C2H9MgNO6. The highest BCUT2D eigenvalue weighted by Crippen LogP contribution is 1.43. The van der Waals surface area contributed by atoms with Gasteiger partial charge >= 0.3 is 35.4 Å². The van der Waals surface area contributed by atoms with Gasteiger partial charge in [0.1, 0.15) is 0 Å². The molecule has 0 saturated carbocycles. The van der Waals surface area contributed by atoms with E-state index >= 15 is 0 Å². The average molecular weight is 167 g/mol. The van der Waals surface area contributed by atoms with Crippen molar-refractivity contribution in [3.63, 3.8) is 0 Å². The van der Waals surface area contributed by atoms with E-state index in [1.807, 2.05) is 0 Å². The monoisotopic (exact) mass is 167 g/mol. The topological polar surface area (TPSA) is 150 Å². The summed E-state index contributed by atoms with van der Waals surface area (Å²) in [5, 5.41) is 27.9. The summed E-state index contributed by atoms with van der Waals surface area (Å²) in [4.78, 5) is 17.1. The SMILES string of the molecule is N.O=C(O)O.O=C(O)O.[MgH2]. The zero-order valence-electron chi connectivity index (χ0n) is 4.31. The van der Waals surface area contributed by atoms with Crippen LogP contribution < -0.4 is 6.15 Å². The van der Waals surface area contributed by atoms with E-state index in [9.17, 15) is 0 Å². The Morgan fingerprint density at radius 1 is 0.800 bits per heavy atom. The highest BCUT2D eigenvalue weighted by Gasteiger charge is 1.70. The second-order valence-electron chi connectivity index (χ2n) is 0.565. The van der Waals surface area contributed by atoms with Crippen molar-refractivity contribution in [3.8, 4) is 0 Å². The number of hydrogen-bond acceptors (Lipinski definition) is 3. The highest BCUT2D eigenvalue weighted by molar-refractivity contribution is 5.75. The molecule has 0 heterocycles. The van der Waals surface area contributed by atoms with Gasteiger partial charge in [-0.25, -0.2) is 9.59 Å². The molecule has 0 aliphatic carbocycles. The summed E-state index contributed by atoms with van der Waals surface area (Å²) < 4.78 is 0. The first kappa shape index (κ1) is 22.8. The van der Waals surface area contributed by atoms with Crippen LogP contribution >= 0.6 is 0 Å². The molecule has 0 aromatic carbocycles. The zero-order chi connectivity index (χ0) is 7.15. The minimum atomic E-state index is -1.83. The number of carboxylic acid groups (broad SMARTS) is 4. The van der Waals surface area contributed by atoms with Crippen LogP contribution in [0.15, 0.2) is 0 Å². The highest BCUT2D eigenvalue weighted by atomic mass is 24.3. The molecule has 0 atom stereocenters. The molecule has 0 saturated heterocycles. The fourth-order valence-electron chi connectivity index (χ4n) is 0. The first-order valence-corrected chi connectivity index (χ1v) is 1.30. The Morgan fingerprint density at radius 2 is 0.800 bits per heavy atom. The standard InChI is InChI=1S/2CH2O3.Mg.H3N.2H/c2*2-1(3)4;;;;/h2*(H2,2,3,4);;1H3;;. The van der Waals surface area contributed by atoms with Crippen molar-refractivity contribution in [3.05, 3.63) is 0 Å². The number of rotatable bonds is 0. The van der Waals surface area contributed by atoms with Crippen LogP contribution in [-0.2, 0) is 0 Å². The Balaban J connectivity index is -0.0000000300. The summed E-state index contributed by atoms with van der Waals surface area (Å²) >= 11 is 0. The molecule has 0 radical (unpaired) electrons. The summed E-state index contributed by atoms with van der Waals surface area (Å²) in [6, 6.07) is 0. The average Bonchev–Trinajstić information content (AvgIpc) is 1.25. The van der Waals surface area contributed by atoms with E-state index in [0.29, 0.717) is 0 Å². The van der Waals surface area contributed by atoms with Gasteiger partial charge in [0, 0.05) is 0 Å². The van der Waals surface area contributed by atoms with Gasteiger partial charge in [-0.2, -0.15) is 0 Å². The van der Waals surface area contributed by atoms with E-state index in [-0.39, 0.29) is 29.2 Å². The van der Waals surface area contributed by atoms with Gasteiger partial charge in [-0.05, 0) is 0 Å².